The molecule has 4 aromatic carbocycles. The Hall–Kier alpha value is -3.24. The standard InChI is InChI=1S/C44H26Cl8N4O8S4/c45-17-1-13-29(65(57)58)41(49)33(17)37-21-5-7-23(53-21)38(34-18(46)2-14-30(42(34)50)66(59)60)25-9-11-27(55-25)40(36-20(48)4-16-32(44(36)52)68(63)64)28-12-10-26(56-28)39(24-8-6-22(37)54-24)35-19(47)3-15-31(43(35)51)67(61)62/h1-5,7,10,12-16,53,56H,6,8-9,11H2,(H,57,58)(H,59,60)(H,61,62)(H,63,64)/p-4. The van der Waals surface area contributed by atoms with Crippen LogP contribution in [0.5, 0.6) is 0 Å². The van der Waals surface area contributed by atoms with Crippen LogP contribution < -0.4 is 0 Å². The van der Waals surface area contributed by atoms with Gasteiger partial charge in [0.2, 0.25) is 0 Å². The van der Waals surface area contributed by atoms with Crippen molar-refractivity contribution in [3.8, 4) is 44.5 Å². The molecule has 0 radical (unpaired) electrons. The second kappa shape index (κ2) is 19.8. The molecule has 4 unspecified atom stereocenters. The lowest BCUT2D eigenvalue weighted by Gasteiger charge is -2.16. The van der Waals surface area contributed by atoms with Gasteiger partial charge in [0.25, 0.3) is 0 Å². The van der Waals surface area contributed by atoms with Crippen LogP contribution in [0.25, 0.3) is 66.6 Å². The Morgan fingerprint density at radius 2 is 0.544 bits per heavy atom. The summed E-state index contributed by atoms with van der Waals surface area (Å²) in [5.41, 5.74) is 3.99. The number of benzene rings is 4. The number of rotatable bonds is 8. The van der Waals surface area contributed by atoms with Gasteiger partial charge < -0.3 is 28.2 Å². The van der Waals surface area contributed by atoms with E-state index in [1.54, 1.807) is 24.3 Å². The topological polar surface area (TPSA) is 218 Å². The van der Waals surface area contributed by atoms with Gasteiger partial charge in [-0.25, -0.2) is 0 Å². The molecule has 4 atom stereocenters. The summed E-state index contributed by atoms with van der Waals surface area (Å²) in [6.07, 6.45) is 0.642. The van der Waals surface area contributed by atoms with Gasteiger partial charge in [0.1, 0.15) is 0 Å². The molecule has 0 spiro atoms. The fourth-order valence-corrected chi connectivity index (χ4v) is 13.1. The first-order valence-corrected chi connectivity index (χ1v) is 26.8. The molecule has 8 bridgehead atoms. The van der Waals surface area contributed by atoms with Gasteiger partial charge in [-0.2, -0.15) is 0 Å². The molecule has 68 heavy (non-hydrogen) atoms. The maximum absolute atomic E-state index is 12.5. The van der Waals surface area contributed by atoms with Crippen molar-refractivity contribution in [1.82, 2.24) is 19.9 Å². The van der Waals surface area contributed by atoms with E-state index in [9.17, 15) is 35.0 Å². The normalized spacial score (nSPS) is 14.5. The van der Waals surface area contributed by atoms with Crippen molar-refractivity contribution < 1.29 is 35.0 Å². The van der Waals surface area contributed by atoms with E-state index in [1.807, 2.05) is 0 Å². The minimum Gasteiger partial charge on any atom is -0.768 e. The summed E-state index contributed by atoms with van der Waals surface area (Å²) in [7, 11) is 0. The van der Waals surface area contributed by atoms with Crippen LogP contribution in [-0.4, -0.2) is 55.0 Å². The number of H-pyrrole nitrogens is 2. The summed E-state index contributed by atoms with van der Waals surface area (Å²) in [5.74, 6) is 0. The third-order valence-electron chi connectivity index (χ3n) is 11.3. The lowest BCUT2D eigenvalue weighted by Crippen LogP contribution is -1.97. The number of nitrogens with one attached hydrogen (secondary N) is 2. The van der Waals surface area contributed by atoms with Crippen molar-refractivity contribution in [2.75, 3.05) is 0 Å². The quantitative estimate of drug-likeness (QED) is 0.137. The Labute approximate surface area is 435 Å². The summed E-state index contributed by atoms with van der Waals surface area (Å²) in [6, 6.07) is 17.1. The van der Waals surface area contributed by atoms with Crippen LogP contribution in [0, 0.1) is 0 Å². The van der Waals surface area contributed by atoms with Gasteiger partial charge in [-0.1, -0.05) is 92.8 Å². The van der Waals surface area contributed by atoms with Crippen molar-refractivity contribution in [3.63, 3.8) is 0 Å². The first-order chi connectivity index (χ1) is 32.4. The van der Waals surface area contributed by atoms with Crippen molar-refractivity contribution in [2.45, 2.75) is 45.3 Å². The van der Waals surface area contributed by atoms with E-state index < -0.39 is 44.3 Å². The summed E-state index contributed by atoms with van der Waals surface area (Å²) < 4.78 is 100. The fourth-order valence-electron chi connectivity index (χ4n) is 8.42. The molecule has 0 aliphatic carbocycles. The Kier molecular flexibility index (Phi) is 14.4. The smallest absolute Gasteiger partial charge is 0.0650 e. The largest absolute Gasteiger partial charge is 0.768 e. The van der Waals surface area contributed by atoms with Crippen molar-refractivity contribution in [3.05, 3.63) is 136 Å². The number of aromatic amines is 2. The lowest BCUT2D eigenvalue weighted by atomic mass is 10.00. The van der Waals surface area contributed by atoms with E-state index in [1.165, 1.54) is 48.5 Å². The summed E-state index contributed by atoms with van der Waals surface area (Å²) >= 11 is 44.2. The van der Waals surface area contributed by atoms with E-state index in [2.05, 4.69) is 9.97 Å². The molecule has 2 aliphatic rings. The molecule has 3 aromatic heterocycles. The Bertz CT molecular complexity index is 3170. The van der Waals surface area contributed by atoms with Gasteiger partial charge in [-0.05, 0) is 143 Å². The monoisotopic (exact) mass is 1140 g/mol. The number of fused-ring (bicyclic) bond motifs is 8. The zero-order chi connectivity index (χ0) is 48.6. The Morgan fingerprint density at radius 1 is 0.338 bits per heavy atom. The van der Waals surface area contributed by atoms with Crippen LogP contribution in [0.1, 0.15) is 22.8 Å². The van der Waals surface area contributed by atoms with Crippen molar-refractivity contribution in [2.24, 2.45) is 0 Å². The molecule has 0 saturated carbocycles. The van der Waals surface area contributed by atoms with E-state index >= 15 is 0 Å². The molecule has 0 fully saturated rings. The molecule has 7 aromatic rings. The van der Waals surface area contributed by atoms with E-state index in [0.29, 0.717) is 44.8 Å². The molecule has 0 amide bonds. The minimum absolute atomic E-state index is 0.0569. The summed E-state index contributed by atoms with van der Waals surface area (Å²) in [6.45, 7) is 0. The van der Waals surface area contributed by atoms with E-state index in [0.717, 1.165) is 0 Å². The van der Waals surface area contributed by atoms with Gasteiger partial charge in [-0.3, -0.25) is 26.8 Å². The third kappa shape index (κ3) is 8.82. The van der Waals surface area contributed by atoms with Gasteiger partial charge in [0.05, 0.1) is 63.0 Å². The van der Waals surface area contributed by atoms with Crippen LogP contribution in [0.3, 0.4) is 0 Å². The number of hydrogen-bond acceptors (Lipinski definition) is 10. The zero-order valence-electron chi connectivity index (χ0n) is 33.6. The third-order valence-corrected chi connectivity index (χ3v) is 17.4. The highest BCUT2D eigenvalue weighted by Crippen LogP contribution is 2.48. The van der Waals surface area contributed by atoms with Crippen LogP contribution in [0.2, 0.25) is 40.2 Å². The minimum atomic E-state index is -2.82. The SMILES string of the molecule is O=S([O-])c1ccc(Cl)c(-c2c3nc(c(-c4c(Cl)ccc(S(=O)[O-])c4Cl)c4ccc([nH]4)c(-c4c(Cl)ccc(S(=O)[O-])c4Cl)c4nc(c(-c5c(Cl)ccc(S(=O)[O-])c5Cl)c5ccc2[nH]5)CC4)CC3)c1Cl. The van der Waals surface area contributed by atoms with Gasteiger partial charge >= 0.3 is 0 Å². The molecule has 2 aliphatic heterocycles. The highest BCUT2D eigenvalue weighted by molar-refractivity contribution is 7.80. The molecule has 12 nitrogen and oxygen atoms in total. The van der Waals surface area contributed by atoms with E-state index in [4.69, 9.17) is 103 Å². The average Bonchev–Trinajstić information content (AvgIpc) is 4.12. The lowest BCUT2D eigenvalue weighted by molar-refractivity contribution is 0.535. The molecule has 9 rings (SSSR count). The van der Waals surface area contributed by atoms with E-state index in [-0.39, 0.29) is 130 Å². The maximum atomic E-state index is 12.5. The molecule has 24 heteroatoms. The number of hydrogen-bond donors (Lipinski definition) is 2. The molecular formula is C44H22Cl8N4O8S4-4. The molecule has 0 saturated heterocycles. The van der Waals surface area contributed by atoms with Gasteiger partial charge in [0.15, 0.2) is 0 Å². The molecule has 350 valence electrons. The Morgan fingerprint density at radius 3 is 0.735 bits per heavy atom. The van der Waals surface area contributed by atoms with Gasteiger partial charge in [0, 0.05) is 86.2 Å². The summed E-state index contributed by atoms with van der Waals surface area (Å²) in [5, 5.41) is -0.650. The number of aryl methyl sites for hydroxylation is 4. The predicted molar refractivity (Wildman–Crippen MR) is 266 cm³/mol. The molecule has 5 heterocycles. The first kappa shape index (κ1) is 49.7. The van der Waals surface area contributed by atoms with Crippen molar-refractivity contribution >= 4 is 159 Å². The van der Waals surface area contributed by atoms with Gasteiger partial charge in [-0.15, -0.1) is 0 Å². The van der Waals surface area contributed by atoms with Crippen LogP contribution in [0.15, 0.2) is 92.4 Å². The number of nitrogens with zero attached hydrogens (tertiary/aromatic N) is 2. The fraction of sp³-hybridized carbons (Fsp3) is 0.0909. The zero-order valence-corrected chi connectivity index (χ0v) is 42.9. The average molecular weight is 1150 g/mol. The highest BCUT2D eigenvalue weighted by Gasteiger charge is 2.29. The Balaban J connectivity index is 1.57. The first-order valence-electron chi connectivity index (χ1n) is 19.4. The number of aromatic nitrogens is 4. The summed E-state index contributed by atoms with van der Waals surface area (Å²) in [4.78, 5) is 16.0. The molecular weight excluding hydrogens is 1120 g/mol. The number of halogens is 8. The predicted octanol–water partition coefficient (Wildman–Crippen LogP) is 12.7. The van der Waals surface area contributed by atoms with Crippen molar-refractivity contribution in [1.29, 1.82) is 0 Å². The van der Waals surface area contributed by atoms with Crippen LogP contribution in [0.4, 0.5) is 0 Å². The van der Waals surface area contributed by atoms with Crippen LogP contribution >= 0.6 is 92.8 Å². The second-order valence-corrected chi connectivity index (χ2v) is 21.7. The molecule has 2 N–H and O–H groups in total. The van der Waals surface area contributed by atoms with Crippen LogP contribution in [-0.2, 0) is 70.0 Å². The maximum Gasteiger partial charge on any atom is 0.0650 e. The highest BCUT2D eigenvalue weighted by atomic mass is 35.5. The second-order valence-electron chi connectivity index (χ2n) is 15.0.